The quantitative estimate of drug-likeness (QED) is 0.518. The molecule has 0 radical (unpaired) electrons. The Balaban J connectivity index is 2.47. The molecule has 0 heterocycles. The van der Waals surface area contributed by atoms with Crippen LogP contribution in [0.1, 0.15) is 36.5 Å². The molecule has 130 valence electrons. The molecule has 7 heteroatoms. The van der Waals surface area contributed by atoms with Crippen molar-refractivity contribution in [3.63, 3.8) is 0 Å². The molecule has 1 aromatic carbocycles. The lowest BCUT2D eigenvalue weighted by atomic mass is 10.0. The first kappa shape index (κ1) is 18.4. The number of Topliss-reactive ketones (excluding diaryl/α,β-unsaturated/α-hetero) is 2. The minimum Gasteiger partial charge on any atom is -0.493 e. The summed E-state index contributed by atoms with van der Waals surface area (Å²) in [5.41, 5.74) is 0.589. The molecule has 0 aliphatic heterocycles. The van der Waals surface area contributed by atoms with Crippen LogP contribution in [0.3, 0.4) is 0 Å². The monoisotopic (exact) mass is 397 g/mol. The van der Waals surface area contributed by atoms with Gasteiger partial charge in [-0.1, -0.05) is 0 Å². The van der Waals surface area contributed by atoms with Crippen LogP contribution in [0, 0.1) is 5.92 Å². The van der Waals surface area contributed by atoms with E-state index in [9.17, 15) is 14.4 Å². The molecule has 1 aromatic rings. The van der Waals surface area contributed by atoms with Crippen LogP contribution >= 0.6 is 15.9 Å². The zero-order valence-electron chi connectivity index (χ0n) is 13.9. The molecule has 1 amide bonds. The number of hydrogen-bond acceptors (Lipinski definition) is 5. The fraction of sp³-hybridized carbons (Fsp3) is 0.471. The highest BCUT2D eigenvalue weighted by Gasteiger charge is 2.33. The molecule has 0 unspecified atom stereocenters. The smallest absolute Gasteiger partial charge is 0.414 e. The van der Waals surface area contributed by atoms with E-state index in [2.05, 4.69) is 15.9 Å². The van der Waals surface area contributed by atoms with Gasteiger partial charge in [-0.05, 0) is 47.8 Å². The van der Waals surface area contributed by atoms with Crippen LogP contribution in [0.25, 0.3) is 0 Å². The number of rotatable bonds is 7. The molecule has 1 saturated carbocycles. The van der Waals surface area contributed by atoms with E-state index in [4.69, 9.17) is 9.47 Å². The standard InChI is InChI=1S/C17H20BrNO5/c1-4-19(17(22)24-3)15-11(7-8-12(18)16(15)23-2)14(21)9-13(20)10-5-6-10/h7-8,10H,4-6,9H2,1-3H3. The van der Waals surface area contributed by atoms with Gasteiger partial charge in [0.1, 0.15) is 11.5 Å². The van der Waals surface area contributed by atoms with Crippen molar-refractivity contribution in [1.82, 2.24) is 0 Å². The Morgan fingerprint density at radius 1 is 1.25 bits per heavy atom. The minimum absolute atomic E-state index is 0.0117. The predicted molar refractivity (Wildman–Crippen MR) is 92.8 cm³/mol. The van der Waals surface area contributed by atoms with Crippen molar-refractivity contribution in [2.75, 3.05) is 25.7 Å². The van der Waals surface area contributed by atoms with Crippen LogP contribution in [0.2, 0.25) is 0 Å². The number of ketones is 2. The Labute approximate surface area is 149 Å². The maximum Gasteiger partial charge on any atom is 0.414 e. The molecule has 0 atom stereocenters. The third-order valence-electron chi connectivity index (χ3n) is 3.94. The highest BCUT2D eigenvalue weighted by molar-refractivity contribution is 9.10. The zero-order chi connectivity index (χ0) is 17.9. The first-order chi connectivity index (χ1) is 11.4. The Morgan fingerprint density at radius 2 is 1.92 bits per heavy atom. The summed E-state index contributed by atoms with van der Waals surface area (Å²) in [5, 5.41) is 0. The number of amides is 1. The van der Waals surface area contributed by atoms with E-state index in [0.29, 0.717) is 15.9 Å². The van der Waals surface area contributed by atoms with Crippen LogP contribution in [0.5, 0.6) is 5.75 Å². The van der Waals surface area contributed by atoms with Crippen LogP contribution in [-0.2, 0) is 9.53 Å². The lowest BCUT2D eigenvalue weighted by Gasteiger charge is -2.24. The molecule has 24 heavy (non-hydrogen) atoms. The Bertz CT molecular complexity index is 669. The van der Waals surface area contributed by atoms with E-state index in [1.54, 1.807) is 19.1 Å². The molecule has 6 nitrogen and oxygen atoms in total. The lowest BCUT2D eigenvalue weighted by Crippen LogP contribution is -2.32. The second-order valence-electron chi connectivity index (χ2n) is 5.53. The number of nitrogens with zero attached hydrogens (tertiary/aromatic N) is 1. The van der Waals surface area contributed by atoms with Gasteiger partial charge in [0.25, 0.3) is 0 Å². The molecule has 1 aliphatic rings. The number of halogens is 1. The summed E-state index contributed by atoms with van der Waals surface area (Å²) in [4.78, 5) is 38.0. The largest absolute Gasteiger partial charge is 0.493 e. The van der Waals surface area contributed by atoms with Crippen molar-refractivity contribution in [3.8, 4) is 5.75 Å². The van der Waals surface area contributed by atoms with Gasteiger partial charge in [0.05, 0.1) is 25.1 Å². The number of hydrogen-bond donors (Lipinski definition) is 0. The molecule has 0 bridgehead atoms. The van der Waals surface area contributed by atoms with Gasteiger partial charge in [0.15, 0.2) is 11.5 Å². The van der Waals surface area contributed by atoms with E-state index >= 15 is 0 Å². The topological polar surface area (TPSA) is 72.9 Å². The van der Waals surface area contributed by atoms with Gasteiger partial charge < -0.3 is 9.47 Å². The highest BCUT2D eigenvalue weighted by Crippen LogP contribution is 2.40. The first-order valence-electron chi connectivity index (χ1n) is 7.72. The molecular weight excluding hydrogens is 378 g/mol. The Morgan fingerprint density at radius 3 is 2.42 bits per heavy atom. The van der Waals surface area contributed by atoms with Crippen molar-refractivity contribution in [2.45, 2.75) is 26.2 Å². The summed E-state index contributed by atoms with van der Waals surface area (Å²) in [6.07, 6.45) is 0.940. The van der Waals surface area contributed by atoms with E-state index in [1.807, 2.05) is 0 Å². The molecule has 1 fully saturated rings. The number of anilines is 1. The molecule has 0 aromatic heterocycles. The molecule has 0 spiro atoms. The van der Waals surface area contributed by atoms with E-state index in [1.165, 1.54) is 19.1 Å². The lowest BCUT2D eigenvalue weighted by molar-refractivity contribution is -0.119. The highest BCUT2D eigenvalue weighted by atomic mass is 79.9. The summed E-state index contributed by atoms with van der Waals surface area (Å²) in [7, 11) is 2.73. The van der Waals surface area contributed by atoms with Crippen LogP contribution in [0.15, 0.2) is 16.6 Å². The normalized spacial score (nSPS) is 13.3. The van der Waals surface area contributed by atoms with Crippen molar-refractivity contribution in [1.29, 1.82) is 0 Å². The maximum atomic E-state index is 12.6. The predicted octanol–water partition coefficient (Wildman–Crippen LogP) is 3.60. The van der Waals surface area contributed by atoms with Crippen molar-refractivity contribution >= 4 is 39.3 Å². The van der Waals surface area contributed by atoms with Gasteiger partial charge in [0.2, 0.25) is 0 Å². The van der Waals surface area contributed by atoms with Gasteiger partial charge >= 0.3 is 6.09 Å². The van der Waals surface area contributed by atoms with Crippen LogP contribution < -0.4 is 9.64 Å². The maximum absolute atomic E-state index is 12.6. The average Bonchev–Trinajstić information content (AvgIpc) is 3.40. The average molecular weight is 398 g/mol. The molecule has 0 N–H and O–H groups in total. The van der Waals surface area contributed by atoms with E-state index in [0.717, 1.165) is 12.8 Å². The Hall–Kier alpha value is -1.89. The van der Waals surface area contributed by atoms with Crippen LogP contribution in [-0.4, -0.2) is 38.4 Å². The summed E-state index contributed by atoms with van der Waals surface area (Å²) < 4.78 is 10.8. The molecule has 1 aliphatic carbocycles. The summed E-state index contributed by atoms with van der Waals surface area (Å²) in [6, 6.07) is 3.26. The van der Waals surface area contributed by atoms with E-state index < -0.39 is 6.09 Å². The van der Waals surface area contributed by atoms with E-state index in [-0.39, 0.29) is 36.0 Å². The first-order valence-corrected chi connectivity index (χ1v) is 8.51. The minimum atomic E-state index is -0.600. The van der Waals surface area contributed by atoms with Crippen molar-refractivity contribution in [2.24, 2.45) is 5.92 Å². The summed E-state index contributed by atoms with van der Waals surface area (Å²) in [6.45, 7) is 2.05. The van der Waals surface area contributed by atoms with Gasteiger partial charge in [-0.3, -0.25) is 14.5 Å². The fourth-order valence-electron chi connectivity index (χ4n) is 2.53. The van der Waals surface area contributed by atoms with Gasteiger partial charge in [0, 0.05) is 18.0 Å². The van der Waals surface area contributed by atoms with Gasteiger partial charge in [-0.15, -0.1) is 0 Å². The third kappa shape index (κ3) is 3.77. The summed E-state index contributed by atoms with van der Waals surface area (Å²) in [5.74, 6) is -0.00592. The second-order valence-corrected chi connectivity index (χ2v) is 6.39. The molecular formula is C17H20BrNO5. The van der Waals surface area contributed by atoms with Gasteiger partial charge in [-0.25, -0.2) is 4.79 Å². The summed E-state index contributed by atoms with van der Waals surface area (Å²) >= 11 is 3.36. The number of carbonyl (C=O) groups excluding carboxylic acids is 3. The van der Waals surface area contributed by atoms with Crippen molar-refractivity contribution < 1.29 is 23.9 Å². The Kier molecular flexibility index (Phi) is 5.99. The molecule has 0 saturated heterocycles. The zero-order valence-corrected chi connectivity index (χ0v) is 15.5. The number of ether oxygens (including phenoxy) is 2. The second kappa shape index (κ2) is 7.79. The SMILES string of the molecule is CCN(C(=O)OC)c1c(C(=O)CC(=O)C2CC2)ccc(Br)c1OC. The third-order valence-corrected chi connectivity index (χ3v) is 4.56. The number of benzene rings is 1. The fourth-order valence-corrected chi connectivity index (χ4v) is 3.01. The number of methoxy groups -OCH3 is 2. The van der Waals surface area contributed by atoms with Gasteiger partial charge in [-0.2, -0.15) is 0 Å². The molecule has 2 rings (SSSR count). The van der Waals surface area contributed by atoms with Crippen molar-refractivity contribution in [3.05, 3.63) is 22.2 Å². The van der Waals surface area contributed by atoms with Crippen LogP contribution in [0.4, 0.5) is 10.5 Å². The number of carbonyl (C=O) groups is 3.